The van der Waals surface area contributed by atoms with Crippen LogP contribution in [0.2, 0.25) is 0 Å². The first kappa shape index (κ1) is 5.78. The molecule has 44 valence electrons. The topological polar surface area (TPSA) is 38.0 Å². The summed E-state index contributed by atoms with van der Waals surface area (Å²) in [6.45, 7) is 1.20. The summed E-state index contributed by atoms with van der Waals surface area (Å²) >= 11 is -0.00722. The Hall–Kier alpha value is 0.650. The summed E-state index contributed by atoms with van der Waals surface area (Å²) in [5.41, 5.74) is 0. The monoisotopic (exact) mass is 213 g/mol. The van der Waals surface area contributed by atoms with Gasteiger partial charge in [0.15, 0.2) is 0 Å². The van der Waals surface area contributed by atoms with Gasteiger partial charge < -0.3 is 0 Å². The van der Waals surface area contributed by atoms with Gasteiger partial charge in [0.2, 0.25) is 0 Å². The first-order valence-electron chi connectivity index (χ1n) is 2.49. The Morgan fingerprint density at radius 2 is 2.57 bits per heavy atom. The predicted octanol–water partition coefficient (Wildman–Crippen LogP) is -3.34. The fraction of sp³-hybridized carbons (Fsp3) is 1.00. The molecular weight excluding hydrogens is 203 g/mol. The summed E-state index contributed by atoms with van der Waals surface area (Å²) in [6.07, 6.45) is 2.66. The van der Waals surface area contributed by atoms with Crippen LogP contribution in [-0.4, -0.2) is 10.6 Å². The number of hydrogen-bond acceptors (Lipinski definition) is 2. The molecule has 2 nitrogen and oxygen atoms in total. The maximum absolute atomic E-state index is 5.48. The van der Waals surface area contributed by atoms with E-state index in [0.717, 1.165) is 4.05 Å². The van der Waals surface area contributed by atoms with E-state index in [4.69, 9.17) is 3.95 Å². The van der Waals surface area contributed by atoms with Crippen molar-refractivity contribution in [2.45, 2.75) is 16.9 Å². The second kappa shape index (κ2) is 2.84. The maximum atomic E-state index is 5.48. The number of nitrogens with one attached hydrogen (secondary N) is 1. The van der Waals surface area contributed by atoms with E-state index in [1.54, 1.807) is 0 Å². The molecule has 0 aromatic carbocycles. The molecule has 0 saturated carbocycles. The van der Waals surface area contributed by atoms with E-state index in [1.165, 1.54) is 19.4 Å². The van der Waals surface area contributed by atoms with Gasteiger partial charge in [-0.05, 0) is 0 Å². The average Bonchev–Trinajstić information content (AvgIpc) is 2.14. The van der Waals surface area contributed by atoms with Crippen molar-refractivity contribution in [3.63, 3.8) is 0 Å². The van der Waals surface area contributed by atoms with Gasteiger partial charge in [-0.1, -0.05) is 0 Å². The van der Waals surface area contributed by atoms with Crippen LogP contribution in [-0.2, 0) is 0 Å². The summed E-state index contributed by atoms with van der Waals surface area (Å²) in [7, 11) is 0. The normalized spacial score (nSPS) is 31.9. The molecule has 0 aliphatic carbocycles. The molecule has 1 atom stereocenters. The van der Waals surface area contributed by atoms with Crippen LogP contribution in [0, 0.1) is 0 Å². The molecule has 1 saturated heterocycles. The summed E-state index contributed by atoms with van der Waals surface area (Å²) in [6, 6.07) is 0. The second-order valence-corrected chi connectivity index (χ2v) is 3.91. The molecule has 0 bridgehead atoms. The molecule has 7 heavy (non-hydrogen) atoms. The van der Waals surface area contributed by atoms with E-state index in [-0.39, 0.29) is 21.5 Å². The van der Waals surface area contributed by atoms with Crippen molar-refractivity contribution in [3.8, 4) is 0 Å². The van der Waals surface area contributed by atoms with Crippen LogP contribution >= 0.6 is 0 Å². The van der Waals surface area contributed by atoms with E-state index in [0.29, 0.717) is 0 Å². The zero-order valence-corrected chi connectivity index (χ0v) is 6.31. The van der Waals surface area contributed by atoms with E-state index in [1.807, 2.05) is 0 Å². The molecule has 1 aliphatic rings. The van der Waals surface area contributed by atoms with Crippen LogP contribution in [0.15, 0.2) is 0 Å². The molecule has 0 unspecified atom stereocenters. The van der Waals surface area contributed by atoms with Gasteiger partial charge in [-0.2, -0.15) is 0 Å². The molecule has 0 aromatic heterocycles. The Morgan fingerprint density at radius 1 is 1.71 bits per heavy atom. The van der Waals surface area contributed by atoms with Crippen LogP contribution in [0.5, 0.6) is 0 Å². The van der Waals surface area contributed by atoms with Crippen LogP contribution in [0.3, 0.4) is 0 Å². The van der Waals surface area contributed by atoms with Crippen LogP contribution in [0.1, 0.15) is 12.8 Å². The van der Waals surface area contributed by atoms with E-state index in [2.05, 4.69) is 5.32 Å². The van der Waals surface area contributed by atoms with Crippen molar-refractivity contribution in [2.75, 3.05) is 6.54 Å². The molecule has 0 radical (unpaired) electrons. The Bertz CT molecular complexity index is 51.7. The molecule has 1 heterocycles. The van der Waals surface area contributed by atoms with Gasteiger partial charge in [-0.3, -0.25) is 0 Å². The summed E-state index contributed by atoms with van der Waals surface area (Å²) < 4.78 is 6.22. The number of hydrogen-bond donors (Lipinski definition) is 2. The van der Waals surface area contributed by atoms with Gasteiger partial charge in [0.1, 0.15) is 0 Å². The minimum absolute atomic E-state index is 0.00722. The third-order valence-electron chi connectivity index (χ3n) is 1.15. The number of halogens is 1. The predicted molar refractivity (Wildman–Crippen MR) is 25.2 cm³/mol. The third kappa shape index (κ3) is 1.54. The van der Waals surface area contributed by atoms with Gasteiger partial charge >= 0.3 is 54.2 Å². The first-order valence-corrected chi connectivity index (χ1v) is 4.98. The van der Waals surface area contributed by atoms with Crippen LogP contribution < -0.4 is 30.7 Å². The Kier molecular flexibility index (Phi) is 2.34. The quantitative estimate of drug-likeness (QED) is 0.207. The van der Waals surface area contributed by atoms with Crippen molar-refractivity contribution in [1.82, 2.24) is 5.32 Å². The Morgan fingerprint density at radius 3 is 2.86 bits per heavy atom. The number of nitrogens with two attached hydrogens (primary N) is 1. The first-order chi connectivity index (χ1) is 3.43. The molecule has 1 fully saturated rings. The third-order valence-corrected chi connectivity index (χ3v) is 3.08. The van der Waals surface area contributed by atoms with Crippen molar-refractivity contribution in [3.05, 3.63) is 0 Å². The zero-order chi connectivity index (χ0) is 5.11. The average molecular weight is 213 g/mol. The molecule has 0 spiro atoms. The molecular formula is C4H10IN2-. The molecule has 1 rings (SSSR count). The number of alkyl halides is 1. The fourth-order valence-electron chi connectivity index (χ4n) is 0.750. The van der Waals surface area contributed by atoms with Crippen molar-refractivity contribution in [2.24, 2.45) is 3.95 Å². The summed E-state index contributed by atoms with van der Waals surface area (Å²) in [5.74, 6) is 0. The van der Waals surface area contributed by atoms with Crippen LogP contribution in [0.4, 0.5) is 0 Å². The van der Waals surface area contributed by atoms with Gasteiger partial charge in [0, 0.05) is 0 Å². The summed E-state index contributed by atoms with van der Waals surface area (Å²) in [5, 5.41) is 3.33. The molecule has 0 amide bonds. The SMILES string of the molecule is N[I-][C@H]1CCCN1. The number of rotatable bonds is 1. The zero-order valence-electron chi connectivity index (χ0n) is 4.15. The van der Waals surface area contributed by atoms with E-state index >= 15 is 0 Å². The standard InChI is InChI=1S/C4H10IN2/c6-5-4-2-1-3-7-4/h4,7H,1-3,6H2/q-1/t4-/m1/s1. The summed E-state index contributed by atoms with van der Waals surface area (Å²) in [4.78, 5) is 0. The van der Waals surface area contributed by atoms with Gasteiger partial charge in [0.25, 0.3) is 0 Å². The molecule has 1 aliphatic heterocycles. The molecule has 0 aromatic rings. The van der Waals surface area contributed by atoms with E-state index < -0.39 is 0 Å². The van der Waals surface area contributed by atoms with Gasteiger partial charge in [-0.25, -0.2) is 0 Å². The van der Waals surface area contributed by atoms with Crippen molar-refractivity contribution in [1.29, 1.82) is 0 Å². The van der Waals surface area contributed by atoms with Crippen molar-refractivity contribution < 1.29 is 21.5 Å². The van der Waals surface area contributed by atoms with Crippen molar-refractivity contribution >= 4 is 0 Å². The molecule has 3 heteroatoms. The van der Waals surface area contributed by atoms with Gasteiger partial charge in [0.05, 0.1) is 0 Å². The minimum atomic E-state index is -0.00722. The second-order valence-electron chi connectivity index (χ2n) is 1.69. The Balaban J connectivity index is 2.14. The van der Waals surface area contributed by atoms with Gasteiger partial charge in [-0.15, -0.1) is 0 Å². The van der Waals surface area contributed by atoms with Crippen LogP contribution in [0.25, 0.3) is 0 Å². The molecule has 3 N–H and O–H groups in total. The Labute approximate surface area is 54.5 Å². The van der Waals surface area contributed by atoms with E-state index in [9.17, 15) is 0 Å². The fourth-order valence-corrected chi connectivity index (χ4v) is 2.12.